The third kappa shape index (κ3) is 3.55. The number of amides is 1. The highest BCUT2D eigenvalue weighted by Gasteiger charge is 2.16. The summed E-state index contributed by atoms with van der Waals surface area (Å²) in [5.41, 5.74) is 2.79. The van der Waals surface area contributed by atoms with Gasteiger partial charge in [0.2, 0.25) is 5.91 Å². The van der Waals surface area contributed by atoms with Crippen molar-refractivity contribution in [2.24, 2.45) is 0 Å². The van der Waals surface area contributed by atoms with Crippen LogP contribution in [-0.2, 0) is 4.79 Å². The van der Waals surface area contributed by atoms with Crippen molar-refractivity contribution in [3.8, 4) is 11.4 Å². The predicted octanol–water partition coefficient (Wildman–Crippen LogP) is 3.99. The zero-order valence-electron chi connectivity index (χ0n) is 14.6. The smallest absolute Gasteiger partial charge is 0.221 e. The molecule has 0 aliphatic carbocycles. The Hall–Kier alpha value is -3.08. The topological polar surface area (TPSA) is 56.1 Å². The Morgan fingerprint density at radius 3 is 2.64 bits per heavy atom. The predicted molar refractivity (Wildman–Crippen MR) is 98.4 cm³/mol. The highest BCUT2D eigenvalue weighted by molar-refractivity contribution is 5.90. The van der Waals surface area contributed by atoms with Crippen LogP contribution in [0.4, 0.5) is 5.69 Å². The normalized spacial score (nSPS) is 11.8. The lowest BCUT2D eigenvalue weighted by molar-refractivity contribution is -0.114. The van der Waals surface area contributed by atoms with E-state index in [1.54, 1.807) is 13.3 Å². The summed E-state index contributed by atoms with van der Waals surface area (Å²) in [5.74, 6) is 1.57. The fourth-order valence-corrected chi connectivity index (χ4v) is 2.87. The summed E-state index contributed by atoms with van der Waals surface area (Å²) < 4.78 is 7.46. The molecular formula is C20H21N3O2. The molecule has 0 saturated carbocycles. The molecule has 0 radical (unpaired) electrons. The molecule has 1 heterocycles. The van der Waals surface area contributed by atoms with Crippen LogP contribution in [0.15, 0.2) is 60.9 Å². The van der Waals surface area contributed by atoms with E-state index < -0.39 is 0 Å². The van der Waals surface area contributed by atoms with Crippen molar-refractivity contribution in [3.05, 3.63) is 72.3 Å². The number of methoxy groups -OCH3 is 1. The molecule has 1 aromatic heterocycles. The van der Waals surface area contributed by atoms with Gasteiger partial charge >= 0.3 is 0 Å². The molecule has 3 rings (SSSR count). The van der Waals surface area contributed by atoms with Gasteiger partial charge in [0, 0.05) is 31.3 Å². The molecule has 25 heavy (non-hydrogen) atoms. The second-order valence-corrected chi connectivity index (χ2v) is 5.85. The molecule has 2 aromatic carbocycles. The summed E-state index contributed by atoms with van der Waals surface area (Å²) in [6.45, 7) is 3.61. The maximum Gasteiger partial charge on any atom is 0.221 e. The van der Waals surface area contributed by atoms with Crippen molar-refractivity contribution in [2.45, 2.75) is 19.8 Å². The molecule has 0 aliphatic heterocycles. The van der Waals surface area contributed by atoms with Gasteiger partial charge in [0.25, 0.3) is 0 Å². The van der Waals surface area contributed by atoms with Gasteiger partial charge in [0.15, 0.2) is 0 Å². The lowest BCUT2D eigenvalue weighted by Crippen LogP contribution is -2.09. The van der Waals surface area contributed by atoms with E-state index in [9.17, 15) is 4.79 Å². The van der Waals surface area contributed by atoms with Crippen molar-refractivity contribution < 1.29 is 9.53 Å². The number of hydrogen-bond acceptors (Lipinski definition) is 3. The van der Waals surface area contributed by atoms with Gasteiger partial charge in [-0.05, 0) is 17.7 Å². The number of carbonyl (C=O) groups is 1. The van der Waals surface area contributed by atoms with Crippen molar-refractivity contribution >= 4 is 11.6 Å². The van der Waals surface area contributed by atoms with Crippen LogP contribution < -0.4 is 10.1 Å². The molecule has 5 heteroatoms. The first-order chi connectivity index (χ1) is 12.1. The number of nitrogens with zero attached hydrogens (tertiary/aromatic N) is 2. The zero-order valence-corrected chi connectivity index (χ0v) is 14.6. The molecule has 0 bridgehead atoms. The quantitative estimate of drug-likeness (QED) is 0.767. The Kier molecular flexibility index (Phi) is 4.84. The van der Waals surface area contributed by atoms with Gasteiger partial charge in [0.1, 0.15) is 11.6 Å². The summed E-state index contributed by atoms with van der Waals surface area (Å²) in [6.07, 6.45) is 3.73. The van der Waals surface area contributed by atoms with E-state index in [0.29, 0.717) is 11.4 Å². The third-order valence-electron chi connectivity index (χ3n) is 4.13. The molecular weight excluding hydrogens is 314 g/mol. The summed E-state index contributed by atoms with van der Waals surface area (Å²) in [4.78, 5) is 15.9. The molecule has 128 valence electrons. The van der Waals surface area contributed by atoms with E-state index in [1.165, 1.54) is 12.5 Å². The van der Waals surface area contributed by atoms with Crippen molar-refractivity contribution in [1.29, 1.82) is 0 Å². The lowest BCUT2D eigenvalue weighted by atomic mass is 10.0. The number of rotatable bonds is 5. The number of benzene rings is 2. The Labute approximate surface area is 147 Å². The van der Waals surface area contributed by atoms with Crippen molar-refractivity contribution in [1.82, 2.24) is 9.55 Å². The minimum Gasteiger partial charge on any atom is -0.494 e. The van der Waals surface area contributed by atoms with Crippen molar-refractivity contribution in [3.63, 3.8) is 0 Å². The Bertz CT molecular complexity index is 872. The van der Waals surface area contributed by atoms with Gasteiger partial charge in [0.05, 0.1) is 18.5 Å². The number of imidazole rings is 1. The standard InChI is InChI=1S/C20H21N3O2/c1-14(16-7-5-4-6-8-16)20-21-11-12-23(20)17-9-10-18(22-15(2)24)19(13-17)25-3/h4-14H,1-3H3,(H,22,24). The van der Waals surface area contributed by atoms with Crippen LogP contribution in [0.5, 0.6) is 5.75 Å². The van der Waals surface area contributed by atoms with Crippen LogP contribution in [0.25, 0.3) is 5.69 Å². The monoisotopic (exact) mass is 335 g/mol. The first-order valence-corrected chi connectivity index (χ1v) is 8.14. The highest BCUT2D eigenvalue weighted by atomic mass is 16.5. The van der Waals surface area contributed by atoms with E-state index in [0.717, 1.165) is 11.5 Å². The van der Waals surface area contributed by atoms with Crippen LogP contribution in [-0.4, -0.2) is 22.6 Å². The summed E-state index contributed by atoms with van der Waals surface area (Å²) >= 11 is 0. The van der Waals surface area contributed by atoms with E-state index in [1.807, 2.05) is 47.2 Å². The molecule has 1 amide bonds. The fourth-order valence-electron chi connectivity index (χ4n) is 2.87. The average molecular weight is 335 g/mol. The second kappa shape index (κ2) is 7.21. The van der Waals surface area contributed by atoms with Crippen LogP contribution in [0.2, 0.25) is 0 Å². The number of ether oxygens (including phenoxy) is 1. The number of nitrogens with one attached hydrogen (secondary N) is 1. The van der Waals surface area contributed by atoms with Crippen molar-refractivity contribution in [2.75, 3.05) is 12.4 Å². The Morgan fingerprint density at radius 2 is 1.96 bits per heavy atom. The molecule has 3 aromatic rings. The van der Waals surface area contributed by atoms with Gasteiger partial charge in [-0.15, -0.1) is 0 Å². The second-order valence-electron chi connectivity index (χ2n) is 5.85. The first-order valence-electron chi connectivity index (χ1n) is 8.14. The third-order valence-corrected chi connectivity index (χ3v) is 4.13. The fraction of sp³-hybridized carbons (Fsp3) is 0.200. The molecule has 5 nitrogen and oxygen atoms in total. The van der Waals surface area contributed by atoms with Crippen LogP contribution in [0.3, 0.4) is 0 Å². The molecule has 0 spiro atoms. The van der Waals surface area contributed by atoms with Gasteiger partial charge in [-0.3, -0.25) is 4.79 Å². The number of hydrogen-bond donors (Lipinski definition) is 1. The first kappa shape index (κ1) is 16.8. The molecule has 0 saturated heterocycles. The molecule has 1 atom stereocenters. The van der Waals surface area contributed by atoms with Crippen LogP contribution in [0.1, 0.15) is 31.2 Å². The minimum atomic E-state index is -0.132. The minimum absolute atomic E-state index is 0.132. The number of anilines is 1. The van der Waals surface area contributed by atoms with E-state index in [2.05, 4.69) is 29.4 Å². The SMILES string of the molecule is COc1cc(-n2ccnc2C(C)c2ccccc2)ccc1NC(C)=O. The maximum absolute atomic E-state index is 11.3. The van der Waals surface area contributed by atoms with Gasteiger partial charge in [-0.1, -0.05) is 37.3 Å². The van der Waals surface area contributed by atoms with E-state index in [-0.39, 0.29) is 11.8 Å². The lowest BCUT2D eigenvalue weighted by Gasteiger charge is -2.16. The van der Waals surface area contributed by atoms with Crippen LogP contribution in [0, 0.1) is 0 Å². The number of carbonyl (C=O) groups excluding carboxylic acids is 1. The zero-order chi connectivity index (χ0) is 17.8. The molecule has 1 unspecified atom stereocenters. The van der Waals surface area contributed by atoms with Gasteiger partial charge < -0.3 is 14.6 Å². The van der Waals surface area contributed by atoms with Crippen LogP contribution >= 0.6 is 0 Å². The molecule has 0 aliphatic rings. The summed E-state index contributed by atoms with van der Waals surface area (Å²) in [5, 5.41) is 2.77. The maximum atomic E-state index is 11.3. The average Bonchev–Trinajstić information content (AvgIpc) is 3.11. The highest BCUT2D eigenvalue weighted by Crippen LogP contribution is 2.30. The van der Waals surface area contributed by atoms with E-state index >= 15 is 0 Å². The van der Waals surface area contributed by atoms with Gasteiger partial charge in [-0.2, -0.15) is 0 Å². The Balaban J connectivity index is 1.98. The summed E-state index contributed by atoms with van der Waals surface area (Å²) in [7, 11) is 1.59. The van der Waals surface area contributed by atoms with Gasteiger partial charge in [-0.25, -0.2) is 4.98 Å². The molecule has 1 N–H and O–H groups in total. The summed E-state index contributed by atoms with van der Waals surface area (Å²) in [6, 6.07) is 16.0. The largest absolute Gasteiger partial charge is 0.494 e. The number of aromatic nitrogens is 2. The Morgan fingerprint density at radius 1 is 1.20 bits per heavy atom. The molecule has 0 fully saturated rings. The van der Waals surface area contributed by atoms with E-state index in [4.69, 9.17) is 4.74 Å².